The SMILES string of the molecule is COc1ccc(C2CC(C(=O)N3CCc4nnc(C)n4CC3)NN2)cc1. The minimum absolute atomic E-state index is 0.115. The molecule has 0 spiro atoms. The van der Waals surface area contributed by atoms with Crippen LogP contribution in [0.4, 0.5) is 0 Å². The number of nitrogens with one attached hydrogen (secondary N) is 2. The Morgan fingerprint density at radius 1 is 1.15 bits per heavy atom. The van der Waals surface area contributed by atoms with Crippen LogP contribution in [0.15, 0.2) is 24.3 Å². The number of carbonyl (C=O) groups is 1. The van der Waals surface area contributed by atoms with Gasteiger partial charge in [-0.2, -0.15) is 0 Å². The van der Waals surface area contributed by atoms with Gasteiger partial charge in [-0.1, -0.05) is 12.1 Å². The Hall–Kier alpha value is -2.45. The lowest BCUT2D eigenvalue weighted by molar-refractivity contribution is -0.133. The molecule has 2 aromatic rings. The van der Waals surface area contributed by atoms with Crippen LogP contribution in [0, 0.1) is 6.92 Å². The molecule has 0 radical (unpaired) electrons. The Bertz CT molecular complexity index is 787. The van der Waals surface area contributed by atoms with Gasteiger partial charge in [0.25, 0.3) is 0 Å². The van der Waals surface area contributed by atoms with Crippen LogP contribution in [-0.2, 0) is 17.8 Å². The van der Waals surface area contributed by atoms with Gasteiger partial charge in [-0.05, 0) is 31.0 Å². The smallest absolute Gasteiger partial charge is 0.241 e. The summed E-state index contributed by atoms with van der Waals surface area (Å²) in [6, 6.07) is 7.85. The summed E-state index contributed by atoms with van der Waals surface area (Å²) in [5.74, 6) is 2.85. The van der Waals surface area contributed by atoms with Crippen LogP contribution in [0.1, 0.15) is 29.7 Å². The van der Waals surface area contributed by atoms with Gasteiger partial charge in [0.15, 0.2) is 0 Å². The van der Waals surface area contributed by atoms with Crippen molar-refractivity contribution in [2.75, 3.05) is 20.2 Å². The van der Waals surface area contributed by atoms with Crippen molar-refractivity contribution >= 4 is 5.91 Å². The number of aryl methyl sites for hydroxylation is 1. The fourth-order valence-electron chi connectivity index (χ4n) is 3.68. The number of fused-ring (bicyclic) bond motifs is 1. The van der Waals surface area contributed by atoms with E-state index in [4.69, 9.17) is 4.74 Å². The second-order valence-electron chi connectivity index (χ2n) is 6.79. The number of nitrogens with zero attached hydrogens (tertiary/aromatic N) is 4. The molecule has 3 heterocycles. The van der Waals surface area contributed by atoms with Crippen LogP contribution in [0.2, 0.25) is 0 Å². The molecule has 4 rings (SSSR count). The van der Waals surface area contributed by atoms with Gasteiger partial charge < -0.3 is 14.2 Å². The van der Waals surface area contributed by atoms with Crippen LogP contribution >= 0.6 is 0 Å². The van der Waals surface area contributed by atoms with Crippen molar-refractivity contribution < 1.29 is 9.53 Å². The lowest BCUT2D eigenvalue weighted by Gasteiger charge is -2.23. The van der Waals surface area contributed by atoms with Crippen molar-refractivity contribution in [3.8, 4) is 5.75 Å². The third-order valence-corrected chi connectivity index (χ3v) is 5.24. The van der Waals surface area contributed by atoms with Gasteiger partial charge in [-0.15, -0.1) is 10.2 Å². The maximum atomic E-state index is 12.9. The van der Waals surface area contributed by atoms with Crippen LogP contribution in [0.3, 0.4) is 0 Å². The van der Waals surface area contributed by atoms with Crippen molar-refractivity contribution in [3.63, 3.8) is 0 Å². The highest BCUT2D eigenvalue weighted by Gasteiger charge is 2.33. The third kappa shape index (κ3) is 3.17. The molecule has 0 saturated carbocycles. The summed E-state index contributed by atoms with van der Waals surface area (Å²) in [6.07, 6.45) is 1.47. The zero-order valence-corrected chi connectivity index (χ0v) is 15.1. The van der Waals surface area contributed by atoms with E-state index in [-0.39, 0.29) is 18.0 Å². The molecule has 2 N–H and O–H groups in total. The number of hydrogen-bond donors (Lipinski definition) is 2. The zero-order chi connectivity index (χ0) is 18.1. The molecule has 1 aromatic heterocycles. The van der Waals surface area contributed by atoms with Gasteiger partial charge in [0.1, 0.15) is 23.4 Å². The minimum atomic E-state index is -0.216. The Kier molecular flexibility index (Phi) is 4.60. The van der Waals surface area contributed by atoms with Crippen LogP contribution in [0.5, 0.6) is 5.75 Å². The maximum absolute atomic E-state index is 12.9. The molecule has 138 valence electrons. The minimum Gasteiger partial charge on any atom is -0.497 e. The predicted octanol–water partition coefficient (Wildman–Crippen LogP) is 0.588. The number of hydrazine groups is 1. The summed E-state index contributed by atoms with van der Waals surface area (Å²) < 4.78 is 7.31. The van der Waals surface area contributed by atoms with Crippen molar-refractivity contribution in [1.82, 2.24) is 30.5 Å². The van der Waals surface area contributed by atoms with E-state index < -0.39 is 0 Å². The van der Waals surface area contributed by atoms with Crippen LogP contribution in [0.25, 0.3) is 0 Å². The zero-order valence-electron chi connectivity index (χ0n) is 15.1. The molecule has 0 bridgehead atoms. The first kappa shape index (κ1) is 17.0. The third-order valence-electron chi connectivity index (χ3n) is 5.24. The number of benzene rings is 1. The lowest BCUT2D eigenvalue weighted by atomic mass is 10.0. The molecule has 1 fully saturated rings. The van der Waals surface area contributed by atoms with Crippen LogP contribution < -0.4 is 15.6 Å². The van der Waals surface area contributed by atoms with Crippen molar-refractivity contribution in [2.24, 2.45) is 0 Å². The number of carbonyl (C=O) groups excluding carboxylic acids is 1. The monoisotopic (exact) mass is 356 g/mol. The van der Waals surface area contributed by atoms with E-state index in [1.54, 1.807) is 7.11 Å². The molecule has 0 aliphatic carbocycles. The Morgan fingerprint density at radius 2 is 1.96 bits per heavy atom. The molecule has 26 heavy (non-hydrogen) atoms. The molecule has 8 heteroatoms. The highest BCUT2D eigenvalue weighted by atomic mass is 16.5. The van der Waals surface area contributed by atoms with E-state index in [0.29, 0.717) is 13.1 Å². The molecule has 1 saturated heterocycles. The average Bonchev–Trinajstić information content (AvgIpc) is 3.23. The molecule has 8 nitrogen and oxygen atoms in total. The van der Waals surface area contributed by atoms with E-state index in [2.05, 4.69) is 25.6 Å². The highest BCUT2D eigenvalue weighted by Crippen LogP contribution is 2.25. The van der Waals surface area contributed by atoms with Crippen molar-refractivity contribution in [3.05, 3.63) is 41.5 Å². The Balaban J connectivity index is 1.38. The molecule has 1 amide bonds. The number of methoxy groups -OCH3 is 1. The number of rotatable bonds is 3. The average molecular weight is 356 g/mol. The normalized spacial score (nSPS) is 22.8. The summed E-state index contributed by atoms with van der Waals surface area (Å²) >= 11 is 0. The largest absolute Gasteiger partial charge is 0.497 e. The first-order valence-electron chi connectivity index (χ1n) is 8.98. The number of hydrogen-bond acceptors (Lipinski definition) is 6. The quantitative estimate of drug-likeness (QED) is 0.837. The predicted molar refractivity (Wildman–Crippen MR) is 95.5 cm³/mol. The fraction of sp³-hybridized carbons (Fsp3) is 0.500. The standard InChI is InChI=1S/C18H24N6O2/c1-12-19-22-17-7-8-23(9-10-24(12)17)18(25)16-11-15(20-21-16)13-3-5-14(26-2)6-4-13/h3-6,15-16,20-21H,7-11H2,1-2H3. The highest BCUT2D eigenvalue weighted by molar-refractivity contribution is 5.82. The summed E-state index contributed by atoms with van der Waals surface area (Å²) in [5.41, 5.74) is 7.57. The first-order chi connectivity index (χ1) is 12.7. The molecule has 2 aliphatic rings. The second kappa shape index (κ2) is 7.05. The number of aromatic nitrogens is 3. The molecule has 2 aliphatic heterocycles. The van der Waals surface area contributed by atoms with Crippen molar-refractivity contribution in [2.45, 2.75) is 38.4 Å². The van der Waals surface area contributed by atoms with Gasteiger partial charge in [-0.3, -0.25) is 4.79 Å². The summed E-state index contributed by atoms with van der Waals surface area (Å²) in [5, 5.41) is 8.33. The molecular formula is C18H24N6O2. The Labute approximate surface area is 152 Å². The summed E-state index contributed by atoms with van der Waals surface area (Å²) in [4.78, 5) is 14.9. The summed E-state index contributed by atoms with van der Waals surface area (Å²) in [7, 11) is 1.66. The second-order valence-corrected chi connectivity index (χ2v) is 6.79. The van der Waals surface area contributed by atoms with Crippen LogP contribution in [-0.4, -0.2) is 51.8 Å². The van der Waals surface area contributed by atoms with Gasteiger partial charge >= 0.3 is 0 Å². The molecular weight excluding hydrogens is 332 g/mol. The van der Waals surface area contributed by atoms with Gasteiger partial charge in [0.05, 0.1) is 7.11 Å². The van der Waals surface area contributed by atoms with E-state index in [9.17, 15) is 4.79 Å². The van der Waals surface area contributed by atoms with Crippen molar-refractivity contribution in [1.29, 1.82) is 0 Å². The number of ether oxygens (including phenoxy) is 1. The van der Waals surface area contributed by atoms with Gasteiger partial charge in [0.2, 0.25) is 5.91 Å². The molecule has 1 aromatic carbocycles. The van der Waals surface area contributed by atoms with E-state index in [0.717, 1.165) is 42.3 Å². The van der Waals surface area contributed by atoms with E-state index in [1.807, 2.05) is 36.1 Å². The number of amides is 1. The van der Waals surface area contributed by atoms with E-state index >= 15 is 0 Å². The van der Waals surface area contributed by atoms with Gasteiger partial charge in [0, 0.05) is 32.1 Å². The Morgan fingerprint density at radius 3 is 2.73 bits per heavy atom. The first-order valence-corrected chi connectivity index (χ1v) is 8.98. The van der Waals surface area contributed by atoms with E-state index in [1.165, 1.54) is 0 Å². The lowest BCUT2D eigenvalue weighted by Crippen LogP contribution is -2.46. The molecule has 2 atom stereocenters. The molecule has 2 unspecified atom stereocenters. The fourth-order valence-corrected chi connectivity index (χ4v) is 3.68. The van der Waals surface area contributed by atoms with Gasteiger partial charge in [-0.25, -0.2) is 10.9 Å². The maximum Gasteiger partial charge on any atom is 0.241 e. The topological polar surface area (TPSA) is 84.3 Å². The summed E-state index contributed by atoms with van der Waals surface area (Å²) in [6.45, 7) is 4.08.